The second kappa shape index (κ2) is 7.54. The van der Waals surface area contributed by atoms with E-state index in [1.807, 2.05) is 91.0 Å². The van der Waals surface area contributed by atoms with Crippen LogP contribution in [0.4, 0.5) is 0 Å². The fourth-order valence-electron chi connectivity index (χ4n) is 2.95. The molecule has 0 aliphatic rings. The SMILES string of the molecule is O=C(c1ccccc1)[C@H](Sc1cccc2cccnc12)c1ccccc1. The number of fused-ring (bicyclic) bond motifs is 1. The molecule has 0 N–H and O–H groups in total. The van der Waals surface area contributed by atoms with Gasteiger partial charge in [0.15, 0.2) is 5.78 Å². The van der Waals surface area contributed by atoms with Crippen LogP contribution in [0, 0.1) is 0 Å². The van der Waals surface area contributed by atoms with Crippen molar-refractivity contribution in [2.24, 2.45) is 0 Å². The molecule has 1 atom stereocenters. The lowest BCUT2D eigenvalue weighted by molar-refractivity contribution is 0.0989. The maximum Gasteiger partial charge on any atom is 0.180 e. The van der Waals surface area contributed by atoms with E-state index < -0.39 is 0 Å². The van der Waals surface area contributed by atoms with Crippen molar-refractivity contribution in [2.45, 2.75) is 10.1 Å². The van der Waals surface area contributed by atoms with Crippen LogP contribution in [-0.4, -0.2) is 10.8 Å². The monoisotopic (exact) mass is 355 g/mol. The molecular formula is C23H17NOS. The molecule has 3 heteroatoms. The van der Waals surface area contributed by atoms with Gasteiger partial charge in [0.05, 0.1) is 10.8 Å². The molecule has 0 aliphatic carbocycles. The van der Waals surface area contributed by atoms with E-state index in [4.69, 9.17) is 0 Å². The first-order chi connectivity index (χ1) is 12.8. The largest absolute Gasteiger partial charge is 0.293 e. The molecule has 1 aromatic heterocycles. The maximum absolute atomic E-state index is 13.2. The molecule has 0 saturated carbocycles. The Morgan fingerprint density at radius 1 is 0.769 bits per heavy atom. The van der Waals surface area contributed by atoms with Gasteiger partial charge in [-0.15, -0.1) is 11.8 Å². The minimum Gasteiger partial charge on any atom is -0.293 e. The molecule has 126 valence electrons. The van der Waals surface area contributed by atoms with E-state index in [2.05, 4.69) is 4.98 Å². The number of para-hydroxylation sites is 1. The number of hydrogen-bond acceptors (Lipinski definition) is 3. The molecule has 26 heavy (non-hydrogen) atoms. The zero-order valence-corrected chi connectivity index (χ0v) is 14.9. The smallest absolute Gasteiger partial charge is 0.180 e. The van der Waals surface area contributed by atoms with E-state index in [0.29, 0.717) is 0 Å². The van der Waals surface area contributed by atoms with Crippen molar-refractivity contribution in [3.63, 3.8) is 0 Å². The van der Waals surface area contributed by atoms with E-state index in [1.54, 1.807) is 18.0 Å². The average molecular weight is 355 g/mol. The van der Waals surface area contributed by atoms with Gasteiger partial charge in [-0.25, -0.2) is 0 Å². The van der Waals surface area contributed by atoms with Gasteiger partial charge in [0.25, 0.3) is 0 Å². The Morgan fingerprint density at radius 2 is 1.46 bits per heavy atom. The topological polar surface area (TPSA) is 30.0 Å². The number of Topliss-reactive ketones (excluding diaryl/α,β-unsaturated/α-hetero) is 1. The summed E-state index contributed by atoms with van der Waals surface area (Å²) in [4.78, 5) is 18.8. The van der Waals surface area contributed by atoms with Crippen molar-refractivity contribution < 1.29 is 4.79 Å². The van der Waals surface area contributed by atoms with Crippen LogP contribution >= 0.6 is 11.8 Å². The molecule has 0 unspecified atom stereocenters. The molecule has 0 radical (unpaired) electrons. The number of ketones is 1. The lowest BCUT2D eigenvalue weighted by atomic mass is 10.0. The number of pyridine rings is 1. The Balaban J connectivity index is 1.77. The maximum atomic E-state index is 13.2. The molecule has 0 fully saturated rings. The Hall–Kier alpha value is -2.91. The molecule has 0 aliphatic heterocycles. The van der Waals surface area contributed by atoms with Gasteiger partial charge in [-0.2, -0.15) is 0 Å². The number of nitrogens with zero attached hydrogens (tertiary/aromatic N) is 1. The Kier molecular flexibility index (Phi) is 4.80. The summed E-state index contributed by atoms with van der Waals surface area (Å²) in [5.74, 6) is 0.106. The predicted octanol–water partition coefficient (Wildman–Crippen LogP) is 5.95. The van der Waals surface area contributed by atoms with Crippen LogP contribution in [0.25, 0.3) is 10.9 Å². The number of carbonyl (C=O) groups is 1. The zero-order valence-electron chi connectivity index (χ0n) is 14.1. The van der Waals surface area contributed by atoms with Gasteiger partial charge in [-0.3, -0.25) is 9.78 Å². The fraction of sp³-hybridized carbons (Fsp3) is 0.0435. The Labute approximate surface area is 156 Å². The average Bonchev–Trinajstić information content (AvgIpc) is 2.73. The number of benzene rings is 3. The van der Waals surface area contributed by atoms with Crippen LogP contribution in [-0.2, 0) is 0 Å². The summed E-state index contributed by atoms with van der Waals surface area (Å²) in [6.07, 6.45) is 1.79. The van der Waals surface area contributed by atoms with Gasteiger partial charge >= 0.3 is 0 Å². The second-order valence-electron chi connectivity index (χ2n) is 5.97. The first kappa shape index (κ1) is 16.6. The van der Waals surface area contributed by atoms with E-state index in [0.717, 1.165) is 26.9 Å². The number of thioether (sulfide) groups is 1. The molecule has 0 bridgehead atoms. The summed E-state index contributed by atoms with van der Waals surface area (Å²) in [6, 6.07) is 29.5. The number of carbonyl (C=O) groups excluding carboxylic acids is 1. The highest BCUT2D eigenvalue weighted by atomic mass is 32.2. The summed E-state index contributed by atoms with van der Waals surface area (Å²) in [5, 5.41) is 0.766. The van der Waals surface area contributed by atoms with E-state index in [9.17, 15) is 4.79 Å². The van der Waals surface area contributed by atoms with Gasteiger partial charge in [-0.1, -0.05) is 78.9 Å². The molecule has 0 spiro atoms. The molecule has 3 aromatic carbocycles. The van der Waals surface area contributed by atoms with Gasteiger partial charge in [0.1, 0.15) is 0 Å². The second-order valence-corrected chi connectivity index (χ2v) is 7.12. The predicted molar refractivity (Wildman–Crippen MR) is 108 cm³/mol. The summed E-state index contributed by atoms with van der Waals surface area (Å²) in [7, 11) is 0. The van der Waals surface area contributed by atoms with Crippen LogP contribution in [0.15, 0.2) is 102 Å². The van der Waals surface area contributed by atoms with Gasteiger partial charge in [-0.05, 0) is 17.7 Å². The molecule has 0 amide bonds. The molecular weight excluding hydrogens is 338 g/mol. The third kappa shape index (κ3) is 3.39. The number of aromatic nitrogens is 1. The van der Waals surface area contributed by atoms with Crippen molar-refractivity contribution in [1.82, 2.24) is 4.98 Å². The molecule has 1 heterocycles. The lowest BCUT2D eigenvalue weighted by Gasteiger charge is -2.17. The highest BCUT2D eigenvalue weighted by molar-refractivity contribution is 8.00. The van der Waals surface area contributed by atoms with E-state index >= 15 is 0 Å². The minimum absolute atomic E-state index is 0.106. The number of rotatable bonds is 5. The molecule has 0 saturated heterocycles. The van der Waals surface area contributed by atoms with Gasteiger partial charge in [0, 0.05) is 22.0 Å². The molecule has 4 aromatic rings. The van der Waals surface area contributed by atoms with Crippen molar-refractivity contribution in [2.75, 3.05) is 0 Å². The highest BCUT2D eigenvalue weighted by Crippen LogP contribution is 2.40. The Morgan fingerprint density at radius 3 is 2.23 bits per heavy atom. The first-order valence-electron chi connectivity index (χ1n) is 8.47. The summed E-state index contributed by atoms with van der Waals surface area (Å²) in [6.45, 7) is 0. The molecule has 4 rings (SSSR count). The van der Waals surface area contributed by atoms with Crippen LogP contribution in [0.1, 0.15) is 21.2 Å². The highest BCUT2D eigenvalue weighted by Gasteiger charge is 2.24. The molecule has 2 nitrogen and oxygen atoms in total. The fourth-order valence-corrected chi connectivity index (χ4v) is 4.18. The summed E-state index contributed by atoms with van der Waals surface area (Å²) >= 11 is 1.56. The quantitative estimate of drug-likeness (QED) is 0.327. The number of hydrogen-bond donors (Lipinski definition) is 0. The normalized spacial score (nSPS) is 12.0. The zero-order chi connectivity index (χ0) is 17.8. The van der Waals surface area contributed by atoms with Crippen molar-refractivity contribution >= 4 is 28.4 Å². The van der Waals surface area contributed by atoms with Gasteiger partial charge in [0.2, 0.25) is 0 Å². The Bertz CT molecular complexity index is 1030. The van der Waals surface area contributed by atoms with E-state index in [1.165, 1.54) is 0 Å². The summed E-state index contributed by atoms with van der Waals surface area (Å²) in [5.41, 5.74) is 2.66. The van der Waals surface area contributed by atoms with Crippen LogP contribution in [0.2, 0.25) is 0 Å². The third-order valence-corrected chi connectivity index (χ3v) is 5.54. The summed E-state index contributed by atoms with van der Waals surface area (Å²) < 4.78 is 0. The van der Waals surface area contributed by atoms with Crippen LogP contribution in [0.3, 0.4) is 0 Å². The van der Waals surface area contributed by atoms with Crippen molar-refractivity contribution in [3.8, 4) is 0 Å². The minimum atomic E-state index is -0.314. The lowest BCUT2D eigenvalue weighted by Crippen LogP contribution is -2.10. The van der Waals surface area contributed by atoms with E-state index in [-0.39, 0.29) is 11.0 Å². The standard InChI is InChI=1S/C23H17NOS/c25-22(18-9-3-1-4-10-18)23(19-11-5-2-6-12-19)26-20-15-7-13-17-14-8-16-24-21(17)20/h1-16,23H/t23-/m1/s1. The van der Waals surface area contributed by atoms with Gasteiger partial charge < -0.3 is 0 Å². The first-order valence-corrected chi connectivity index (χ1v) is 9.35. The van der Waals surface area contributed by atoms with Crippen molar-refractivity contribution in [3.05, 3.63) is 108 Å². The van der Waals surface area contributed by atoms with Crippen LogP contribution in [0.5, 0.6) is 0 Å². The van der Waals surface area contributed by atoms with Crippen LogP contribution < -0.4 is 0 Å². The van der Waals surface area contributed by atoms with Crippen molar-refractivity contribution in [1.29, 1.82) is 0 Å². The third-order valence-electron chi connectivity index (χ3n) is 4.24.